The molecule has 0 aromatic carbocycles. The molecule has 152 valence electrons. The third-order valence-corrected chi connectivity index (χ3v) is 6.94. The highest BCUT2D eigenvalue weighted by atomic mass is 32.1. The van der Waals surface area contributed by atoms with Gasteiger partial charge >= 0.3 is 0 Å². The molecule has 4 rings (SSSR count). The Bertz CT molecular complexity index is 920. The van der Waals surface area contributed by atoms with E-state index >= 15 is 0 Å². The average molecular weight is 407 g/mol. The Morgan fingerprint density at radius 3 is 2.86 bits per heavy atom. The zero-order chi connectivity index (χ0) is 19.7. The van der Waals surface area contributed by atoms with E-state index in [0.29, 0.717) is 66.3 Å². The normalized spacial score (nSPS) is 24.4. The molecule has 1 atom stereocenters. The monoisotopic (exact) mass is 406 g/mol. The van der Waals surface area contributed by atoms with Crippen LogP contribution in [0.25, 0.3) is 10.2 Å². The van der Waals surface area contributed by atoms with Gasteiger partial charge in [-0.3, -0.25) is 14.5 Å². The maximum atomic E-state index is 13.1. The molecule has 2 N–H and O–H groups in total. The predicted octanol–water partition coefficient (Wildman–Crippen LogP) is 0.982. The number of aromatic amines is 1. The number of rotatable bonds is 3. The summed E-state index contributed by atoms with van der Waals surface area (Å²) in [6.07, 6.45) is 3.36. The summed E-state index contributed by atoms with van der Waals surface area (Å²) in [5.41, 5.74) is -0.305. The van der Waals surface area contributed by atoms with E-state index in [-0.39, 0.29) is 11.5 Å². The second-order valence-electron chi connectivity index (χ2n) is 7.73. The number of carbonyl (C=O) groups excluding carboxylic acids is 1. The van der Waals surface area contributed by atoms with Gasteiger partial charge in [-0.1, -0.05) is 0 Å². The summed E-state index contributed by atoms with van der Waals surface area (Å²) in [7, 11) is 0. The number of likely N-dealkylation sites (tertiary alicyclic amines) is 1. The molecule has 0 radical (unpaired) electrons. The predicted molar refractivity (Wildman–Crippen MR) is 107 cm³/mol. The lowest BCUT2D eigenvalue weighted by atomic mass is 9.94. The molecule has 2 aliphatic heterocycles. The first-order valence-electron chi connectivity index (χ1n) is 9.75. The lowest BCUT2D eigenvalue weighted by Gasteiger charge is -2.35. The van der Waals surface area contributed by atoms with Crippen LogP contribution in [0.3, 0.4) is 0 Å². The van der Waals surface area contributed by atoms with Gasteiger partial charge < -0.3 is 19.7 Å². The second-order valence-corrected chi connectivity index (χ2v) is 8.73. The van der Waals surface area contributed by atoms with Crippen LogP contribution < -0.4 is 5.56 Å². The lowest BCUT2D eigenvalue weighted by Crippen LogP contribution is -2.48. The first kappa shape index (κ1) is 19.5. The Kier molecular flexibility index (Phi) is 5.50. The number of aromatic nitrogens is 2. The van der Waals surface area contributed by atoms with E-state index in [0.717, 1.165) is 19.5 Å². The fraction of sp³-hybridized carbons (Fsp3) is 0.632. The Balaban J connectivity index is 1.48. The number of H-pyrrole nitrogens is 1. The lowest BCUT2D eigenvalue weighted by molar-refractivity contribution is -0.0389. The zero-order valence-corrected chi connectivity index (χ0v) is 16.9. The van der Waals surface area contributed by atoms with Crippen molar-refractivity contribution in [1.29, 1.82) is 0 Å². The molecule has 2 aromatic heterocycles. The Morgan fingerprint density at radius 2 is 2.11 bits per heavy atom. The molecule has 0 saturated carbocycles. The molecule has 2 saturated heterocycles. The Labute approximate surface area is 167 Å². The number of β-amino-alcohol motifs (C(OH)–C–C–N with tert-alkyl or cyclic N) is 1. The quantitative estimate of drug-likeness (QED) is 0.789. The number of amides is 1. The van der Waals surface area contributed by atoms with Crippen LogP contribution in [0.4, 0.5) is 0 Å². The van der Waals surface area contributed by atoms with Crippen molar-refractivity contribution in [2.24, 2.45) is 0 Å². The van der Waals surface area contributed by atoms with Gasteiger partial charge in [0.05, 0.1) is 35.4 Å². The maximum Gasteiger partial charge on any atom is 0.264 e. The zero-order valence-electron chi connectivity index (χ0n) is 16.1. The summed E-state index contributed by atoms with van der Waals surface area (Å²) in [5.74, 6) is -0.0736. The number of thiophene rings is 1. The summed E-state index contributed by atoms with van der Waals surface area (Å²) in [5, 5.41) is 11.6. The Hall–Kier alpha value is -1.81. The number of carbonyl (C=O) groups is 1. The van der Waals surface area contributed by atoms with Crippen molar-refractivity contribution < 1.29 is 14.6 Å². The van der Waals surface area contributed by atoms with Crippen molar-refractivity contribution in [1.82, 2.24) is 19.8 Å². The van der Waals surface area contributed by atoms with Crippen LogP contribution in [0.1, 0.15) is 34.5 Å². The van der Waals surface area contributed by atoms with Crippen molar-refractivity contribution in [3.63, 3.8) is 0 Å². The van der Waals surface area contributed by atoms with Crippen LogP contribution in [0.2, 0.25) is 0 Å². The van der Waals surface area contributed by atoms with Gasteiger partial charge in [0.25, 0.3) is 11.5 Å². The molecule has 8 nitrogen and oxygen atoms in total. The largest absolute Gasteiger partial charge is 0.388 e. The van der Waals surface area contributed by atoms with Gasteiger partial charge in [0.15, 0.2) is 0 Å². The highest BCUT2D eigenvalue weighted by Crippen LogP contribution is 2.30. The van der Waals surface area contributed by atoms with Crippen LogP contribution in [0, 0.1) is 6.92 Å². The van der Waals surface area contributed by atoms with Crippen LogP contribution in [0.15, 0.2) is 11.1 Å². The van der Waals surface area contributed by atoms with Crippen molar-refractivity contribution in [2.45, 2.75) is 31.8 Å². The van der Waals surface area contributed by atoms with E-state index in [9.17, 15) is 14.7 Å². The van der Waals surface area contributed by atoms with Crippen LogP contribution in [0.5, 0.6) is 0 Å². The maximum absolute atomic E-state index is 13.1. The number of hydrogen-bond donors (Lipinski definition) is 2. The second kappa shape index (κ2) is 7.90. The summed E-state index contributed by atoms with van der Waals surface area (Å²) in [4.78, 5) is 37.2. The van der Waals surface area contributed by atoms with E-state index in [1.165, 1.54) is 17.7 Å². The molecular formula is C19H26N4O4S. The summed E-state index contributed by atoms with van der Waals surface area (Å²) in [6, 6.07) is 0. The van der Waals surface area contributed by atoms with Crippen molar-refractivity contribution in [3.05, 3.63) is 27.1 Å². The molecule has 2 aromatic rings. The standard InChI is InChI=1S/C19H26N4O4S/c1-13-14-16(24)20-12-21-17(14)28-15(13)18(25)23-5-2-3-19(26,4-6-23)11-22-7-9-27-10-8-22/h12,26H,2-11H2,1H3,(H,20,21,24). The highest BCUT2D eigenvalue weighted by molar-refractivity contribution is 7.20. The molecule has 28 heavy (non-hydrogen) atoms. The van der Waals surface area contributed by atoms with E-state index in [2.05, 4.69) is 14.9 Å². The van der Waals surface area contributed by atoms with Gasteiger partial charge in [-0.2, -0.15) is 0 Å². The van der Waals surface area contributed by atoms with E-state index in [1.807, 2.05) is 4.90 Å². The number of nitrogens with zero attached hydrogens (tertiary/aromatic N) is 3. The molecule has 0 spiro atoms. The van der Waals surface area contributed by atoms with Crippen molar-refractivity contribution in [3.8, 4) is 0 Å². The Morgan fingerprint density at radius 1 is 1.32 bits per heavy atom. The number of hydrogen-bond acceptors (Lipinski definition) is 7. The van der Waals surface area contributed by atoms with Gasteiger partial charge in [0.1, 0.15) is 4.83 Å². The molecule has 2 fully saturated rings. The fourth-order valence-corrected chi connectivity index (χ4v) is 5.26. The highest BCUT2D eigenvalue weighted by Gasteiger charge is 2.34. The first-order valence-corrected chi connectivity index (χ1v) is 10.6. The summed E-state index contributed by atoms with van der Waals surface area (Å²) >= 11 is 1.27. The number of fused-ring (bicyclic) bond motifs is 1. The molecule has 9 heteroatoms. The van der Waals surface area contributed by atoms with Crippen LogP contribution >= 0.6 is 11.3 Å². The number of nitrogens with one attached hydrogen (secondary N) is 1. The van der Waals surface area contributed by atoms with Gasteiger partial charge in [0, 0.05) is 32.7 Å². The SMILES string of the molecule is Cc1c(C(=O)N2CCCC(O)(CN3CCOCC3)CC2)sc2nc[nH]c(=O)c12. The van der Waals surface area contributed by atoms with Gasteiger partial charge in [0.2, 0.25) is 0 Å². The third kappa shape index (κ3) is 3.84. The van der Waals surface area contributed by atoms with Gasteiger partial charge in [-0.15, -0.1) is 11.3 Å². The molecule has 4 heterocycles. The molecular weight excluding hydrogens is 380 g/mol. The van der Waals surface area contributed by atoms with Crippen LogP contribution in [-0.4, -0.2) is 82.3 Å². The molecule has 0 aliphatic carbocycles. The number of ether oxygens (including phenoxy) is 1. The van der Waals surface area contributed by atoms with Gasteiger partial charge in [-0.05, 0) is 31.7 Å². The van der Waals surface area contributed by atoms with Crippen LogP contribution in [-0.2, 0) is 4.74 Å². The topological polar surface area (TPSA) is 98.8 Å². The molecule has 1 unspecified atom stereocenters. The molecule has 2 aliphatic rings. The fourth-order valence-electron chi connectivity index (χ4n) is 4.14. The summed E-state index contributed by atoms with van der Waals surface area (Å²) < 4.78 is 5.38. The average Bonchev–Trinajstić information content (AvgIpc) is 2.90. The summed E-state index contributed by atoms with van der Waals surface area (Å²) in [6.45, 7) is 6.65. The van der Waals surface area contributed by atoms with E-state index in [4.69, 9.17) is 4.74 Å². The number of aliphatic hydroxyl groups is 1. The minimum atomic E-state index is -0.777. The minimum Gasteiger partial charge on any atom is -0.388 e. The number of aryl methyl sites for hydroxylation is 1. The molecule has 0 bridgehead atoms. The third-order valence-electron chi connectivity index (χ3n) is 5.75. The molecule has 1 amide bonds. The van der Waals surface area contributed by atoms with Crippen molar-refractivity contribution >= 4 is 27.5 Å². The first-order chi connectivity index (χ1) is 13.5. The van der Waals surface area contributed by atoms with Crippen molar-refractivity contribution in [2.75, 3.05) is 45.9 Å². The van der Waals surface area contributed by atoms with E-state index < -0.39 is 5.60 Å². The van der Waals surface area contributed by atoms with Gasteiger partial charge in [-0.25, -0.2) is 4.98 Å². The van der Waals surface area contributed by atoms with E-state index in [1.54, 1.807) is 6.92 Å². The number of morpholine rings is 1. The minimum absolute atomic E-state index is 0.0736. The smallest absolute Gasteiger partial charge is 0.264 e.